The van der Waals surface area contributed by atoms with Crippen LogP contribution >= 0.6 is 15.9 Å². The smallest absolute Gasteiger partial charge is 0.120 e. The van der Waals surface area contributed by atoms with Crippen molar-refractivity contribution in [2.75, 3.05) is 5.32 Å². The highest BCUT2D eigenvalue weighted by molar-refractivity contribution is 9.10. The van der Waals surface area contributed by atoms with Crippen LogP contribution in [0.25, 0.3) is 0 Å². The Balaban J connectivity index is 1.41. The van der Waals surface area contributed by atoms with Crippen molar-refractivity contribution in [2.24, 2.45) is 5.92 Å². The van der Waals surface area contributed by atoms with Gasteiger partial charge in [0.15, 0.2) is 0 Å². The van der Waals surface area contributed by atoms with Gasteiger partial charge in [0.25, 0.3) is 0 Å². The van der Waals surface area contributed by atoms with Crippen LogP contribution in [0.4, 0.5) is 5.69 Å². The highest BCUT2D eigenvalue weighted by atomic mass is 79.9. The average molecular weight is 432 g/mol. The summed E-state index contributed by atoms with van der Waals surface area (Å²) >= 11 is 3.54. The van der Waals surface area contributed by atoms with Gasteiger partial charge in [-0.05, 0) is 59.4 Å². The minimum absolute atomic E-state index is 0.330. The van der Waals surface area contributed by atoms with Crippen LogP contribution in [0.2, 0.25) is 0 Å². The molecule has 0 amide bonds. The van der Waals surface area contributed by atoms with Crippen LogP contribution < -0.4 is 10.1 Å². The van der Waals surface area contributed by atoms with E-state index in [4.69, 9.17) is 4.74 Å². The largest absolute Gasteiger partial charge is 0.489 e. The molecule has 0 fully saturated rings. The van der Waals surface area contributed by atoms with Gasteiger partial charge in [-0.3, -0.25) is 0 Å². The van der Waals surface area contributed by atoms with Crippen molar-refractivity contribution >= 4 is 21.6 Å². The van der Waals surface area contributed by atoms with E-state index in [2.05, 4.69) is 88.0 Å². The van der Waals surface area contributed by atoms with Crippen LogP contribution in [0.1, 0.15) is 35.1 Å². The Kier molecular flexibility index (Phi) is 4.69. The van der Waals surface area contributed by atoms with Crippen LogP contribution in [0.15, 0.2) is 89.4 Å². The zero-order valence-corrected chi connectivity index (χ0v) is 17.1. The monoisotopic (exact) mass is 431 g/mol. The molecule has 2 nitrogen and oxygen atoms in total. The standard InChI is InChI=1S/C25H22BrNO/c26-19-11-9-18(10-12-19)25-22-8-4-7-21(22)23-15-20(13-14-24(23)27-25)28-16-17-5-2-1-3-6-17/h1-7,9-15,21-22,25,27H,8,16H2. The van der Waals surface area contributed by atoms with Gasteiger partial charge in [0.1, 0.15) is 12.4 Å². The van der Waals surface area contributed by atoms with Crippen molar-refractivity contribution < 1.29 is 4.74 Å². The number of anilines is 1. The van der Waals surface area contributed by atoms with E-state index in [-0.39, 0.29) is 0 Å². The number of allylic oxidation sites excluding steroid dienone is 2. The second-order valence-corrected chi connectivity index (χ2v) is 8.47. The van der Waals surface area contributed by atoms with E-state index < -0.39 is 0 Å². The van der Waals surface area contributed by atoms with E-state index in [1.54, 1.807) is 0 Å². The molecule has 3 heteroatoms. The van der Waals surface area contributed by atoms with E-state index in [0.29, 0.717) is 24.5 Å². The van der Waals surface area contributed by atoms with Crippen molar-refractivity contribution in [1.29, 1.82) is 0 Å². The molecule has 140 valence electrons. The summed E-state index contributed by atoms with van der Waals surface area (Å²) in [6, 6.07) is 25.8. The lowest BCUT2D eigenvalue weighted by molar-refractivity contribution is 0.305. The number of nitrogens with one attached hydrogen (secondary N) is 1. The van der Waals surface area contributed by atoms with Crippen molar-refractivity contribution in [3.63, 3.8) is 0 Å². The molecule has 1 aliphatic heterocycles. The first kappa shape index (κ1) is 17.6. The van der Waals surface area contributed by atoms with E-state index in [1.807, 2.05) is 18.2 Å². The minimum atomic E-state index is 0.330. The normalized spacial score (nSPS) is 22.2. The van der Waals surface area contributed by atoms with Gasteiger partial charge in [0.2, 0.25) is 0 Å². The Hall–Kier alpha value is -2.52. The molecule has 0 saturated heterocycles. The Labute approximate surface area is 174 Å². The number of ether oxygens (including phenoxy) is 1. The summed E-state index contributed by atoms with van der Waals surface area (Å²) in [5.74, 6) is 1.91. The van der Waals surface area contributed by atoms with Gasteiger partial charge in [-0.1, -0.05) is 70.5 Å². The average Bonchev–Trinajstić information content (AvgIpc) is 3.23. The Morgan fingerprint density at radius 3 is 2.61 bits per heavy atom. The molecule has 3 unspecified atom stereocenters. The number of rotatable bonds is 4. The van der Waals surface area contributed by atoms with Crippen LogP contribution in [0.5, 0.6) is 5.75 Å². The summed E-state index contributed by atoms with van der Waals surface area (Å²) in [6.45, 7) is 0.596. The summed E-state index contributed by atoms with van der Waals surface area (Å²) in [6.07, 6.45) is 5.81. The maximum absolute atomic E-state index is 6.07. The van der Waals surface area contributed by atoms with Gasteiger partial charge in [0.05, 0.1) is 6.04 Å². The van der Waals surface area contributed by atoms with Crippen molar-refractivity contribution in [3.05, 3.63) is 106 Å². The van der Waals surface area contributed by atoms with Crippen molar-refractivity contribution in [3.8, 4) is 5.75 Å². The number of benzene rings is 3. The molecule has 0 spiro atoms. The van der Waals surface area contributed by atoms with Gasteiger partial charge in [-0.2, -0.15) is 0 Å². The highest BCUT2D eigenvalue weighted by Crippen LogP contribution is 2.50. The van der Waals surface area contributed by atoms with Gasteiger partial charge in [0, 0.05) is 16.1 Å². The Morgan fingerprint density at radius 2 is 1.79 bits per heavy atom. The molecule has 5 rings (SSSR count). The lowest BCUT2D eigenvalue weighted by Gasteiger charge is -2.37. The van der Waals surface area contributed by atoms with Crippen molar-refractivity contribution in [1.82, 2.24) is 0 Å². The molecular formula is C25H22BrNO. The second kappa shape index (κ2) is 7.48. The molecule has 0 saturated carbocycles. The topological polar surface area (TPSA) is 21.3 Å². The fourth-order valence-electron chi connectivity index (χ4n) is 4.40. The molecule has 0 bridgehead atoms. The predicted molar refractivity (Wildman–Crippen MR) is 118 cm³/mol. The lowest BCUT2D eigenvalue weighted by atomic mass is 9.77. The molecule has 3 aromatic carbocycles. The van der Waals surface area contributed by atoms with E-state index in [0.717, 1.165) is 16.6 Å². The Morgan fingerprint density at radius 1 is 0.964 bits per heavy atom. The van der Waals surface area contributed by atoms with Crippen LogP contribution in [-0.4, -0.2) is 0 Å². The van der Waals surface area contributed by atoms with Crippen LogP contribution in [-0.2, 0) is 6.61 Å². The molecule has 1 heterocycles. The SMILES string of the molecule is Brc1ccc(C2Nc3ccc(OCc4ccccc4)cc3C3C=CCC32)cc1. The molecule has 3 atom stereocenters. The maximum Gasteiger partial charge on any atom is 0.120 e. The molecule has 28 heavy (non-hydrogen) atoms. The van der Waals surface area contributed by atoms with Gasteiger partial charge in [-0.25, -0.2) is 0 Å². The van der Waals surface area contributed by atoms with E-state index >= 15 is 0 Å². The summed E-state index contributed by atoms with van der Waals surface area (Å²) in [5.41, 5.74) is 5.09. The lowest BCUT2D eigenvalue weighted by Crippen LogP contribution is -2.29. The first-order valence-corrected chi connectivity index (χ1v) is 10.6. The van der Waals surface area contributed by atoms with Gasteiger partial charge >= 0.3 is 0 Å². The molecule has 3 aromatic rings. The second-order valence-electron chi connectivity index (χ2n) is 7.55. The molecule has 1 aliphatic carbocycles. The third kappa shape index (κ3) is 3.35. The zero-order valence-electron chi connectivity index (χ0n) is 15.5. The summed E-state index contributed by atoms with van der Waals surface area (Å²) in [7, 11) is 0. The van der Waals surface area contributed by atoms with Crippen LogP contribution in [0.3, 0.4) is 0 Å². The molecule has 0 radical (unpaired) electrons. The number of hydrogen-bond acceptors (Lipinski definition) is 2. The highest BCUT2D eigenvalue weighted by Gasteiger charge is 2.37. The first-order chi connectivity index (χ1) is 13.8. The van der Waals surface area contributed by atoms with Gasteiger partial charge in [-0.15, -0.1) is 0 Å². The number of hydrogen-bond donors (Lipinski definition) is 1. The number of fused-ring (bicyclic) bond motifs is 3. The third-order valence-electron chi connectivity index (χ3n) is 5.81. The summed E-state index contributed by atoms with van der Waals surface area (Å²) < 4.78 is 7.19. The maximum atomic E-state index is 6.07. The molecule has 0 aromatic heterocycles. The van der Waals surface area contributed by atoms with Crippen molar-refractivity contribution in [2.45, 2.75) is 25.0 Å². The van der Waals surface area contributed by atoms with E-state index in [9.17, 15) is 0 Å². The molecular weight excluding hydrogens is 410 g/mol. The minimum Gasteiger partial charge on any atom is -0.489 e. The molecule has 1 N–H and O–H groups in total. The molecule has 2 aliphatic rings. The van der Waals surface area contributed by atoms with Crippen LogP contribution in [0, 0.1) is 5.92 Å². The van der Waals surface area contributed by atoms with E-state index in [1.165, 1.54) is 22.4 Å². The summed E-state index contributed by atoms with van der Waals surface area (Å²) in [5, 5.41) is 3.79. The fourth-order valence-corrected chi connectivity index (χ4v) is 4.67. The number of halogens is 1. The van der Waals surface area contributed by atoms with Gasteiger partial charge < -0.3 is 10.1 Å². The Bertz CT molecular complexity index is 997. The third-order valence-corrected chi connectivity index (χ3v) is 6.34. The quantitative estimate of drug-likeness (QED) is 0.455. The fraction of sp³-hybridized carbons (Fsp3) is 0.200. The summed E-state index contributed by atoms with van der Waals surface area (Å²) in [4.78, 5) is 0. The first-order valence-electron chi connectivity index (χ1n) is 9.77. The predicted octanol–water partition coefficient (Wildman–Crippen LogP) is 6.85. The zero-order chi connectivity index (χ0) is 18.9.